The fourth-order valence-electron chi connectivity index (χ4n) is 1.89. The molecule has 3 heterocycles. The molecular weight excluding hydrogens is 250 g/mol. The van der Waals surface area contributed by atoms with Crippen LogP contribution in [-0.4, -0.2) is 29.0 Å². The van der Waals surface area contributed by atoms with Crippen molar-refractivity contribution in [3.05, 3.63) is 34.4 Å². The summed E-state index contributed by atoms with van der Waals surface area (Å²) in [5, 5.41) is 0. The van der Waals surface area contributed by atoms with E-state index in [1.165, 1.54) is 11.3 Å². The molecule has 0 radical (unpaired) electrons. The first-order valence-corrected chi connectivity index (χ1v) is 6.45. The number of carbonyl (C=O) groups is 1. The quantitative estimate of drug-likeness (QED) is 0.786. The van der Waals surface area contributed by atoms with Gasteiger partial charge in [0.05, 0.1) is 17.7 Å². The van der Waals surface area contributed by atoms with Crippen LogP contribution >= 0.6 is 11.3 Å². The molecule has 1 amide bonds. The fraction of sp³-hybridized carbons (Fsp3) is 0.250. The van der Waals surface area contributed by atoms with E-state index in [-0.39, 0.29) is 5.91 Å². The van der Waals surface area contributed by atoms with Crippen molar-refractivity contribution in [1.29, 1.82) is 0 Å². The molecule has 0 atom stereocenters. The summed E-state index contributed by atoms with van der Waals surface area (Å²) in [6.45, 7) is 2.84. The third-order valence-electron chi connectivity index (χ3n) is 2.78. The number of fused-ring (bicyclic) bond motifs is 1. The van der Waals surface area contributed by atoms with Gasteiger partial charge in [-0.1, -0.05) is 0 Å². The van der Waals surface area contributed by atoms with Crippen LogP contribution in [0.2, 0.25) is 0 Å². The third kappa shape index (κ3) is 1.74. The molecule has 0 unspecified atom stereocenters. The first-order valence-electron chi connectivity index (χ1n) is 5.57. The van der Waals surface area contributed by atoms with E-state index in [0.717, 1.165) is 11.4 Å². The van der Waals surface area contributed by atoms with Crippen molar-refractivity contribution in [1.82, 2.24) is 9.97 Å². The average Bonchev–Trinajstić information content (AvgIpc) is 2.83. The largest absolute Gasteiger partial charge is 0.474 e. The standard InChI is InChI=1S/C12H11N3O2S/c1-8-10(18-7-14-8)12(16)15-5-6-17-11-9(15)3-2-4-13-11/h2-4,7H,5-6H2,1H3. The van der Waals surface area contributed by atoms with E-state index in [1.807, 2.05) is 13.0 Å². The van der Waals surface area contributed by atoms with Gasteiger partial charge in [0, 0.05) is 6.20 Å². The fourth-order valence-corrected chi connectivity index (χ4v) is 2.64. The number of hydrogen-bond acceptors (Lipinski definition) is 5. The van der Waals surface area contributed by atoms with E-state index in [9.17, 15) is 4.79 Å². The lowest BCUT2D eigenvalue weighted by atomic mass is 10.2. The predicted molar refractivity (Wildman–Crippen MR) is 68.3 cm³/mol. The number of anilines is 1. The monoisotopic (exact) mass is 261 g/mol. The summed E-state index contributed by atoms with van der Waals surface area (Å²) in [4.78, 5) is 23.1. The number of amides is 1. The Balaban J connectivity index is 2.00. The lowest BCUT2D eigenvalue weighted by Crippen LogP contribution is -2.38. The molecule has 1 aliphatic rings. The smallest absolute Gasteiger partial charge is 0.270 e. The SMILES string of the molecule is Cc1ncsc1C(=O)N1CCOc2ncccc21. The van der Waals surface area contributed by atoms with Gasteiger partial charge in [0.15, 0.2) is 0 Å². The number of aromatic nitrogens is 2. The molecule has 2 aromatic heterocycles. The van der Waals surface area contributed by atoms with Gasteiger partial charge in [-0.05, 0) is 19.1 Å². The Morgan fingerprint density at radius 2 is 2.39 bits per heavy atom. The molecule has 2 aromatic rings. The molecule has 92 valence electrons. The number of hydrogen-bond donors (Lipinski definition) is 0. The average molecular weight is 261 g/mol. The zero-order valence-electron chi connectivity index (χ0n) is 9.79. The summed E-state index contributed by atoms with van der Waals surface area (Å²) in [5.41, 5.74) is 3.18. The molecule has 0 aromatic carbocycles. The van der Waals surface area contributed by atoms with Crippen molar-refractivity contribution in [2.45, 2.75) is 6.92 Å². The van der Waals surface area contributed by atoms with Crippen LogP contribution in [0.5, 0.6) is 5.88 Å². The molecule has 0 spiro atoms. The van der Waals surface area contributed by atoms with Gasteiger partial charge < -0.3 is 4.74 Å². The molecule has 0 saturated carbocycles. The summed E-state index contributed by atoms with van der Waals surface area (Å²) >= 11 is 1.36. The molecule has 0 fully saturated rings. The van der Waals surface area contributed by atoms with Crippen molar-refractivity contribution < 1.29 is 9.53 Å². The summed E-state index contributed by atoms with van der Waals surface area (Å²) < 4.78 is 5.43. The lowest BCUT2D eigenvalue weighted by Gasteiger charge is -2.28. The van der Waals surface area contributed by atoms with Crippen LogP contribution in [0.3, 0.4) is 0 Å². The van der Waals surface area contributed by atoms with Crippen LogP contribution in [0.25, 0.3) is 0 Å². The maximum atomic E-state index is 12.5. The number of rotatable bonds is 1. The second-order valence-corrected chi connectivity index (χ2v) is 4.75. The molecule has 6 heteroatoms. The minimum atomic E-state index is -0.0347. The molecule has 1 aliphatic heterocycles. The lowest BCUT2D eigenvalue weighted by molar-refractivity contribution is 0.0979. The van der Waals surface area contributed by atoms with Crippen LogP contribution in [0.15, 0.2) is 23.8 Å². The van der Waals surface area contributed by atoms with Gasteiger partial charge in [0.25, 0.3) is 5.91 Å². The number of pyridine rings is 1. The topological polar surface area (TPSA) is 55.3 Å². The Bertz CT molecular complexity index is 597. The first kappa shape index (κ1) is 11.2. The minimum absolute atomic E-state index is 0.0347. The van der Waals surface area contributed by atoms with E-state index in [1.54, 1.807) is 22.7 Å². The predicted octanol–water partition coefficient (Wildman–Crippen LogP) is 1.89. The molecule has 3 rings (SSSR count). The summed E-state index contributed by atoms with van der Waals surface area (Å²) in [6, 6.07) is 3.64. The van der Waals surface area contributed by atoms with E-state index < -0.39 is 0 Å². The maximum absolute atomic E-state index is 12.5. The van der Waals surface area contributed by atoms with E-state index in [0.29, 0.717) is 23.9 Å². The van der Waals surface area contributed by atoms with Crippen molar-refractivity contribution in [3.63, 3.8) is 0 Å². The van der Waals surface area contributed by atoms with Gasteiger partial charge in [0.1, 0.15) is 17.2 Å². The highest BCUT2D eigenvalue weighted by Gasteiger charge is 2.27. The highest BCUT2D eigenvalue weighted by molar-refractivity contribution is 7.12. The normalized spacial score (nSPS) is 13.9. The summed E-state index contributed by atoms with van der Waals surface area (Å²) in [5.74, 6) is 0.479. The number of ether oxygens (including phenoxy) is 1. The summed E-state index contributed by atoms with van der Waals surface area (Å²) in [6.07, 6.45) is 1.66. The Kier molecular flexibility index (Phi) is 2.71. The van der Waals surface area contributed by atoms with Crippen molar-refractivity contribution in [2.24, 2.45) is 0 Å². The Labute approximate surface area is 108 Å². The Hall–Kier alpha value is -1.95. The number of aryl methyl sites for hydroxylation is 1. The molecule has 0 saturated heterocycles. The van der Waals surface area contributed by atoms with Gasteiger partial charge in [-0.25, -0.2) is 9.97 Å². The van der Waals surface area contributed by atoms with Crippen LogP contribution in [0.1, 0.15) is 15.4 Å². The molecule has 0 N–H and O–H groups in total. The zero-order valence-corrected chi connectivity index (χ0v) is 10.6. The molecule has 0 aliphatic carbocycles. The van der Waals surface area contributed by atoms with Crippen molar-refractivity contribution in [3.8, 4) is 5.88 Å². The highest BCUT2D eigenvalue weighted by Crippen LogP contribution is 2.30. The summed E-state index contributed by atoms with van der Waals surface area (Å²) in [7, 11) is 0. The maximum Gasteiger partial charge on any atom is 0.270 e. The first-order chi connectivity index (χ1) is 8.77. The van der Waals surface area contributed by atoms with Crippen molar-refractivity contribution >= 4 is 22.9 Å². The van der Waals surface area contributed by atoms with Crippen LogP contribution in [-0.2, 0) is 0 Å². The van der Waals surface area contributed by atoms with E-state index in [2.05, 4.69) is 9.97 Å². The minimum Gasteiger partial charge on any atom is -0.474 e. The van der Waals surface area contributed by atoms with Gasteiger partial charge in [-0.15, -0.1) is 11.3 Å². The Morgan fingerprint density at radius 1 is 1.50 bits per heavy atom. The Morgan fingerprint density at radius 3 is 3.17 bits per heavy atom. The van der Waals surface area contributed by atoms with Gasteiger partial charge in [0.2, 0.25) is 5.88 Å². The van der Waals surface area contributed by atoms with Crippen LogP contribution in [0.4, 0.5) is 5.69 Å². The number of thiazole rings is 1. The van der Waals surface area contributed by atoms with Crippen molar-refractivity contribution in [2.75, 3.05) is 18.1 Å². The van der Waals surface area contributed by atoms with E-state index in [4.69, 9.17) is 4.74 Å². The second kappa shape index (κ2) is 4.38. The second-order valence-electron chi connectivity index (χ2n) is 3.90. The highest BCUT2D eigenvalue weighted by atomic mass is 32.1. The van der Waals surface area contributed by atoms with E-state index >= 15 is 0 Å². The number of carbonyl (C=O) groups excluding carboxylic acids is 1. The molecular formula is C12H11N3O2S. The van der Waals surface area contributed by atoms with Gasteiger partial charge >= 0.3 is 0 Å². The molecule has 18 heavy (non-hydrogen) atoms. The van der Waals surface area contributed by atoms with Gasteiger partial charge in [-0.2, -0.15) is 0 Å². The zero-order chi connectivity index (χ0) is 12.5. The van der Waals surface area contributed by atoms with Crippen LogP contribution in [0, 0.1) is 6.92 Å². The number of nitrogens with zero attached hydrogens (tertiary/aromatic N) is 3. The van der Waals surface area contributed by atoms with Crippen LogP contribution < -0.4 is 9.64 Å². The van der Waals surface area contributed by atoms with Gasteiger partial charge in [-0.3, -0.25) is 9.69 Å². The molecule has 0 bridgehead atoms. The third-order valence-corrected chi connectivity index (χ3v) is 3.70. The molecule has 5 nitrogen and oxygen atoms in total.